The first-order valence-corrected chi connectivity index (χ1v) is 9.27. The predicted molar refractivity (Wildman–Crippen MR) is 101 cm³/mol. The van der Waals surface area contributed by atoms with Crippen molar-refractivity contribution in [2.24, 2.45) is 0 Å². The smallest absolute Gasteiger partial charge is 0.233 e. The number of nitrogens with zero attached hydrogens (tertiary/aromatic N) is 2. The minimum absolute atomic E-state index is 0.147. The van der Waals surface area contributed by atoms with Crippen LogP contribution in [-0.4, -0.2) is 36.5 Å². The second-order valence-electron chi connectivity index (χ2n) is 7.19. The van der Waals surface area contributed by atoms with Crippen molar-refractivity contribution in [2.75, 3.05) is 26.0 Å². The van der Waals surface area contributed by atoms with Gasteiger partial charge in [0.25, 0.3) is 0 Å². The number of amides is 1. The Morgan fingerprint density at radius 3 is 2.69 bits per heavy atom. The van der Waals surface area contributed by atoms with E-state index in [1.807, 2.05) is 43.6 Å². The average molecular weight is 351 g/mol. The fraction of sp³-hybridized carbons (Fsp3) is 0.429. The Bertz CT molecular complexity index is 799. The fourth-order valence-corrected chi connectivity index (χ4v) is 4.08. The summed E-state index contributed by atoms with van der Waals surface area (Å²) in [5.41, 5.74) is 1.94. The number of hydrogen-bond donors (Lipinski definition) is 1. The molecule has 2 fully saturated rings. The van der Waals surface area contributed by atoms with Gasteiger partial charge in [0.2, 0.25) is 5.91 Å². The topological polar surface area (TPSA) is 54.5 Å². The molecule has 1 saturated heterocycles. The van der Waals surface area contributed by atoms with Crippen molar-refractivity contribution in [3.8, 4) is 5.75 Å². The third-order valence-electron chi connectivity index (χ3n) is 5.74. The lowest BCUT2D eigenvalue weighted by Gasteiger charge is -2.29. The molecule has 0 bridgehead atoms. The molecule has 136 valence electrons. The molecule has 1 unspecified atom stereocenters. The van der Waals surface area contributed by atoms with Crippen molar-refractivity contribution < 1.29 is 9.53 Å². The summed E-state index contributed by atoms with van der Waals surface area (Å²) in [5, 5.41) is 3.09. The lowest BCUT2D eigenvalue weighted by Crippen LogP contribution is -2.38. The van der Waals surface area contributed by atoms with Crippen LogP contribution in [0.1, 0.15) is 42.9 Å². The van der Waals surface area contributed by atoms with Gasteiger partial charge >= 0.3 is 0 Å². The van der Waals surface area contributed by atoms with Crippen LogP contribution in [-0.2, 0) is 10.2 Å². The van der Waals surface area contributed by atoms with Crippen LogP contribution in [0.15, 0.2) is 42.6 Å². The van der Waals surface area contributed by atoms with Crippen LogP contribution in [0.5, 0.6) is 5.75 Å². The Kier molecular flexibility index (Phi) is 4.31. The number of benzene rings is 1. The Balaban J connectivity index is 1.60. The number of rotatable bonds is 5. The molecule has 1 aliphatic heterocycles. The summed E-state index contributed by atoms with van der Waals surface area (Å²) >= 11 is 0. The van der Waals surface area contributed by atoms with E-state index in [-0.39, 0.29) is 17.4 Å². The Hall–Kier alpha value is -2.56. The molecule has 1 aliphatic carbocycles. The van der Waals surface area contributed by atoms with E-state index in [1.54, 1.807) is 7.11 Å². The van der Waals surface area contributed by atoms with E-state index in [9.17, 15) is 4.79 Å². The van der Waals surface area contributed by atoms with E-state index in [0.717, 1.165) is 49.4 Å². The number of nitrogens with one attached hydrogen (secondary N) is 1. The molecule has 1 amide bonds. The van der Waals surface area contributed by atoms with Crippen molar-refractivity contribution in [3.05, 3.63) is 53.7 Å². The summed E-state index contributed by atoms with van der Waals surface area (Å²) in [4.78, 5) is 19.9. The number of aromatic nitrogens is 1. The standard InChI is InChI=1S/C21H25N3O2/c1-22-19-14-15(9-12-23-19)18-4-3-13-24(18)20(25)21(10-11-21)16-5-7-17(26-2)8-6-16/h5-9,12,14,18H,3-4,10-11,13H2,1-2H3,(H,22,23). The van der Waals surface area contributed by atoms with E-state index in [2.05, 4.69) is 21.3 Å². The number of ether oxygens (including phenoxy) is 1. The number of methoxy groups -OCH3 is 1. The number of likely N-dealkylation sites (tertiary alicyclic amines) is 1. The summed E-state index contributed by atoms with van der Waals surface area (Å²) in [5.74, 6) is 1.94. The molecular formula is C21H25N3O2. The van der Waals surface area contributed by atoms with E-state index in [1.165, 1.54) is 5.56 Å². The molecule has 2 aliphatic rings. The van der Waals surface area contributed by atoms with Crippen LogP contribution in [0, 0.1) is 0 Å². The maximum Gasteiger partial charge on any atom is 0.233 e. The SMILES string of the molecule is CNc1cc(C2CCCN2C(=O)C2(c3ccc(OC)cc3)CC2)ccn1. The quantitative estimate of drug-likeness (QED) is 0.895. The maximum atomic E-state index is 13.5. The van der Waals surface area contributed by atoms with E-state index in [0.29, 0.717) is 0 Å². The molecule has 5 heteroatoms. The summed E-state index contributed by atoms with van der Waals surface area (Å²) in [6, 6.07) is 12.2. The number of anilines is 1. The molecule has 5 nitrogen and oxygen atoms in total. The highest BCUT2D eigenvalue weighted by Gasteiger charge is 2.54. The third-order valence-corrected chi connectivity index (χ3v) is 5.74. The van der Waals surface area contributed by atoms with Crippen molar-refractivity contribution in [2.45, 2.75) is 37.1 Å². The van der Waals surface area contributed by atoms with Crippen LogP contribution in [0.4, 0.5) is 5.82 Å². The number of pyridine rings is 1. The molecule has 1 aromatic heterocycles. The first kappa shape index (κ1) is 16.9. The Morgan fingerprint density at radius 1 is 1.27 bits per heavy atom. The molecular weight excluding hydrogens is 326 g/mol. The summed E-state index contributed by atoms with van der Waals surface area (Å²) in [7, 11) is 3.53. The fourth-order valence-electron chi connectivity index (χ4n) is 4.08. The Morgan fingerprint density at radius 2 is 2.04 bits per heavy atom. The van der Waals surface area contributed by atoms with Crippen LogP contribution in [0.2, 0.25) is 0 Å². The summed E-state index contributed by atoms with van der Waals surface area (Å²) in [6.45, 7) is 0.832. The van der Waals surface area contributed by atoms with Crippen molar-refractivity contribution >= 4 is 11.7 Å². The lowest BCUT2D eigenvalue weighted by atomic mass is 9.93. The number of hydrogen-bond acceptors (Lipinski definition) is 4. The molecule has 1 aromatic carbocycles. The van der Waals surface area contributed by atoms with Gasteiger partial charge in [-0.05, 0) is 61.1 Å². The van der Waals surface area contributed by atoms with Gasteiger partial charge in [-0.2, -0.15) is 0 Å². The first-order valence-electron chi connectivity index (χ1n) is 9.27. The zero-order valence-corrected chi connectivity index (χ0v) is 15.4. The van der Waals surface area contributed by atoms with Crippen LogP contribution >= 0.6 is 0 Å². The first-order chi connectivity index (χ1) is 12.7. The second kappa shape index (κ2) is 6.63. The van der Waals surface area contributed by atoms with E-state index >= 15 is 0 Å². The van der Waals surface area contributed by atoms with Crippen molar-refractivity contribution in [1.82, 2.24) is 9.88 Å². The van der Waals surface area contributed by atoms with Gasteiger partial charge in [0.05, 0.1) is 18.6 Å². The normalized spacial score (nSPS) is 20.7. The highest BCUT2D eigenvalue weighted by Crippen LogP contribution is 2.51. The summed E-state index contributed by atoms with van der Waals surface area (Å²) < 4.78 is 5.25. The van der Waals surface area contributed by atoms with Crippen molar-refractivity contribution in [1.29, 1.82) is 0 Å². The molecule has 4 rings (SSSR count). The monoisotopic (exact) mass is 351 g/mol. The van der Waals surface area contributed by atoms with Gasteiger partial charge in [0, 0.05) is 19.8 Å². The average Bonchev–Trinajstić information content (AvgIpc) is 3.37. The largest absolute Gasteiger partial charge is 0.497 e. The van der Waals surface area contributed by atoms with Gasteiger partial charge in [0.15, 0.2) is 0 Å². The summed E-state index contributed by atoms with van der Waals surface area (Å²) in [6.07, 6.45) is 5.74. The van der Waals surface area contributed by atoms with Crippen LogP contribution in [0.25, 0.3) is 0 Å². The molecule has 0 radical (unpaired) electrons. The molecule has 26 heavy (non-hydrogen) atoms. The highest BCUT2D eigenvalue weighted by atomic mass is 16.5. The third kappa shape index (κ3) is 2.81. The van der Waals surface area contributed by atoms with Gasteiger partial charge < -0.3 is 15.0 Å². The predicted octanol–water partition coefficient (Wildman–Crippen LogP) is 3.53. The van der Waals surface area contributed by atoms with Crippen LogP contribution < -0.4 is 10.1 Å². The van der Waals surface area contributed by atoms with Gasteiger partial charge in [-0.25, -0.2) is 4.98 Å². The van der Waals surface area contributed by atoms with Crippen molar-refractivity contribution in [3.63, 3.8) is 0 Å². The molecule has 1 saturated carbocycles. The zero-order chi connectivity index (χ0) is 18.1. The van der Waals surface area contributed by atoms with Crippen LogP contribution in [0.3, 0.4) is 0 Å². The zero-order valence-electron chi connectivity index (χ0n) is 15.4. The number of carbonyl (C=O) groups is 1. The second-order valence-corrected chi connectivity index (χ2v) is 7.19. The number of carbonyl (C=O) groups excluding carboxylic acids is 1. The van der Waals surface area contributed by atoms with Gasteiger partial charge in [0.1, 0.15) is 11.6 Å². The van der Waals surface area contributed by atoms with Gasteiger partial charge in [-0.15, -0.1) is 0 Å². The lowest BCUT2D eigenvalue weighted by molar-refractivity contribution is -0.135. The molecule has 2 heterocycles. The minimum Gasteiger partial charge on any atom is -0.497 e. The minimum atomic E-state index is -0.340. The maximum absolute atomic E-state index is 13.5. The molecule has 1 N–H and O–H groups in total. The molecule has 0 spiro atoms. The van der Waals surface area contributed by atoms with Gasteiger partial charge in [-0.3, -0.25) is 4.79 Å². The highest BCUT2D eigenvalue weighted by molar-refractivity contribution is 5.92. The van der Waals surface area contributed by atoms with E-state index < -0.39 is 0 Å². The Labute approximate surface area is 154 Å². The van der Waals surface area contributed by atoms with E-state index in [4.69, 9.17) is 4.74 Å². The molecule has 2 aromatic rings. The molecule has 1 atom stereocenters. The van der Waals surface area contributed by atoms with Gasteiger partial charge in [-0.1, -0.05) is 12.1 Å².